The molecule has 0 aliphatic carbocycles. The molecule has 0 saturated heterocycles. The molecule has 0 heterocycles. The van der Waals surface area contributed by atoms with Gasteiger partial charge in [-0.25, -0.2) is 0 Å². The molecule has 0 aromatic rings. The van der Waals surface area contributed by atoms with E-state index in [-0.39, 0.29) is 0 Å². The highest BCUT2D eigenvalue weighted by molar-refractivity contribution is 4.77. The van der Waals surface area contributed by atoms with Crippen molar-refractivity contribution in [3.8, 4) is 0 Å². The molecule has 11 heavy (non-hydrogen) atoms. The van der Waals surface area contributed by atoms with Gasteiger partial charge in [0, 0.05) is 13.7 Å². The molecule has 2 nitrogen and oxygen atoms in total. The van der Waals surface area contributed by atoms with Gasteiger partial charge >= 0.3 is 0 Å². The Balaban J connectivity index is 3.01. The largest absolute Gasteiger partial charge is 0.380 e. The van der Waals surface area contributed by atoms with E-state index in [0.29, 0.717) is 6.10 Å². The summed E-state index contributed by atoms with van der Waals surface area (Å²) in [7, 11) is 1.73. The monoisotopic (exact) mass is 157 g/mol. The molecule has 0 radical (unpaired) electrons. The molecule has 0 saturated carbocycles. The first-order valence-electron chi connectivity index (χ1n) is 4.16. The molecule has 0 aliphatic rings. The maximum Gasteiger partial charge on any atom is 0.0667 e. The predicted molar refractivity (Wildman–Crippen MR) is 48.8 cm³/mol. The van der Waals surface area contributed by atoms with Crippen LogP contribution in [0.3, 0.4) is 0 Å². The molecule has 0 aromatic carbocycles. The van der Waals surface area contributed by atoms with Crippen LogP contribution in [0.5, 0.6) is 0 Å². The highest BCUT2D eigenvalue weighted by atomic mass is 16.5. The summed E-state index contributed by atoms with van der Waals surface area (Å²) < 4.78 is 5.08. The molecule has 2 heteroatoms. The van der Waals surface area contributed by atoms with Crippen LogP contribution in [0.15, 0.2) is 12.2 Å². The lowest BCUT2D eigenvalue weighted by molar-refractivity contribution is 0.117. The molecular formula is C9H19NO. The minimum Gasteiger partial charge on any atom is -0.380 e. The Morgan fingerprint density at radius 1 is 1.55 bits per heavy atom. The second-order valence-electron chi connectivity index (χ2n) is 2.61. The molecule has 0 bridgehead atoms. The topological polar surface area (TPSA) is 21.3 Å². The predicted octanol–water partition coefficient (Wildman–Crippen LogP) is 1.58. The number of allylic oxidation sites excluding steroid dienone is 1. The Kier molecular flexibility index (Phi) is 7.52. The van der Waals surface area contributed by atoms with E-state index in [4.69, 9.17) is 4.74 Å². The number of methoxy groups -OCH3 is 1. The fourth-order valence-electron chi connectivity index (χ4n) is 0.741. The van der Waals surface area contributed by atoms with Crippen LogP contribution in [0.4, 0.5) is 0 Å². The van der Waals surface area contributed by atoms with Crippen molar-refractivity contribution in [2.45, 2.75) is 26.4 Å². The Bertz CT molecular complexity index is 102. The van der Waals surface area contributed by atoms with E-state index in [9.17, 15) is 0 Å². The summed E-state index contributed by atoms with van der Waals surface area (Å²) in [6.07, 6.45) is 5.65. The minimum atomic E-state index is 0.320. The summed E-state index contributed by atoms with van der Waals surface area (Å²) in [5.41, 5.74) is 0. The van der Waals surface area contributed by atoms with Crippen molar-refractivity contribution < 1.29 is 4.74 Å². The average molecular weight is 157 g/mol. The van der Waals surface area contributed by atoms with Gasteiger partial charge in [0.05, 0.1) is 6.10 Å². The molecule has 0 rings (SSSR count). The van der Waals surface area contributed by atoms with Crippen LogP contribution >= 0.6 is 0 Å². The maximum atomic E-state index is 5.08. The average Bonchev–Trinajstić information content (AvgIpc) is 2.04. The second-order valence-corrected chi connectivity index (χ2v) is 2.61. The molecule has 0 spiro atoms. The number of hydrogen-bond donors (Lipinski definition) is 1. The molecular weight excluding hydrogens is 138 g/mol. The third-order valence-electron chi connectivity index (χ3n) is 1.56. The summed E-state index contributed by atoms with van der Waals surface area (Å²) in [6, 6.07) is 0. The molecule has 0 aliphatic heterocycles. The van der Waals surface area contributed by atoms with Crippen LogP contribution in [0.25, 0.3) is 0 Å². The third-order valence-corrected chi connectivity index (χ3v) is 1.56. The smallest absolute Gasteiger partial charge is 0.0667 e. The SMILES string of the molecule is C/C=C/CCNCC(C)OC. The Labute approximate surface area is 69.6 Å². The lowest BCUT2D eigenvalue weighted by atomic mass is 10.3. The minimum absolute atomic E-state index is 0.320. The Hall–Kier alpha value is -0.340. The second kappa shape index (κ2) is 7.76. The van der Waals surface area contributed by atoms with Gasteiger partial charge in [-0.1, -0.05) is 12.2 Å². The standard InChI is InChI=1S/C9H19NO/c1-4-5-6-7-10-8-9(2)11-3/h4-5,9-10H,6-8H2,1-3H3/b5-4+. The van der Waals surface area contributed by atoms with Crippen LogP contribution < -0.4 is 5.32 Å². The van der Waals surface area contributed by atoms with E-state index in [0.717, 1.165) is 19.5 Å². The highest BCUT2D eigenvalue weighted by Crippen LogP contribution is 1.84. The first kappa shape index (κ1) is 10.7. The van der Waals surface area contributed by atoms with Gasteiger partial charge in [-0.15, -0.1) is 0 Å². The molecule has 1 unspecified atom stereocenters. The van der Waals surface area contributed by atoms with E-state index < -0.39 is 0 Å². The van der Waals surface area contributed by atoms with Gasteiger partial charge in [-0.2, -0.15) is 0 Å². The lowest BCUT2D eigenvalue weighted by Crippen LogP contribution is -2.26. The zero-order valence-electron chi connectivity index (χ0n) is 7.76. The van der Waals surface area contributed by atoms with Gasteiger partial charge in [-0.3, -0.25) is 0 Å². The summed E-state index contributed by atoms with van der Waals surface area (Å²) >= 11 is 0. The molecule has 1 N–H and O–H groups in total. The van der Waals surface area contributed by atoms with Crippen molar-refractivity contribution >= 4 is 0 Å². The van der Waals surface area contributed by atoms with Crippen molar-refractivity contribution in [2.24, 2.45) is 0 Å². The summed E-state index contributed by atoms with van der Waals surface area (Å²) in [5.74, 6) is 0. The number of ether oxygens (including phenoxy) is 1. The van der Waals surface area contributed by atoms with Gasteiger partial charge in [-0.05, 0) is 26.8 Å². The molecule has 0 amide bonds. The highest BCUT2D eigenvalue weighted by Gasteiger charge is 1.95. The van der Waals surface area contributed by atoms with Crippen molar-refractivity contribution in [2.75, 3.05) is 20.2 Å². The Morgan fingerprint density at radius 3 is 2.82 bits per heavy atom. The number of nitrogens with one attached hydrogen (secondary N) is 1. The van der Waals surface area contributed by atoms with Gasteiger partial charge in [0.25, 0.3) is 0 Å². The summed E-state index contributed by atoms with van der Waals surface area (Å²) in [6.45, 7) is 6.08. The van der Waals surface area contributed by atoms with Crippen molar-refractivity contribution in [1.82, 2.24) is 5.32 Å². The number of hydrogen-bond acceptors (Lipinski definition) is 2. The number of rotatable bonds is 6. The first-order chi connectivity index (χ1) is 5.31. The van der Waals surface area contributed by atoms with Crippen molar-refractivity contribution in [3.63, 3.8) is 0 Å². The van der Waals surface area contributed by atoms with Crippen LogP contribution in [-0.2, 0) is 4.74 Å². The summed E-state index contributed by atoms with van der Waals surface area (Å²) in [5, 5.41) is 3.29. The van der Waals surface area contributed by atoms with Gasteiger partial charge < -0.3 is 10.1 Å². The van der Waals surface area contributed by atoms with Crippen LogP contribution in [0.2, 0.25) is 0 Å². The van der Waals surface area contributed by atoms with E-state index >= 15 is 0 Å². The van der Waals surface area contributed by atoms with E-state index in [1.165, 1.54) is 0 Å². The van der Waals surface area contributed by atoms with Gasteiger partial charge in [0.2, 0.25) is 0 Å². The molecule has 66 valence electrons. The lowest BCUT2D eigenvalue weighted by Gasteiger charge is -2.09. The normalized spacial score (nSPS) is 14.1. The van der Waals surface area contributed by atoms with Crippen LogP contribution in [-0.4, -0.2) is 26.3 Å². The van der Waals surface area contributed by atoms with E-state index in [1.54, 1.807) is 7.11 Å². The maximum absolute atomic E-state index is 5.08. The first-order valence-corrected chi connectivity index (χ1v) is 4.16. The van der Waals surface area contributed by atoms with Crippen LogP contribution in [0, 0.1) is 0 Å². The van der Waals surface area contributed by atoms with Crippen LogP contribution in [0.1, 0.15) is 20.3 Å². The zero-order chi connectivity index (χ0) is 8.53. The Morgan fingerprint density at radius 2 is 2.27 bits per heavy atom. The van der Waals surface area contributed by atoms with E-state index in [1.807, 2.05) is 6.92 Å². The van der Waals surface area contributed by atoms with Gasteiger partial charge in [0.15, 0.2) is 0 Å². The molecule has 0 aromatic heterocycles. The fraction of sp³-hybridized carbons (Fsp3) is 0.778. The van der Waals surface area contributed by atoms with Gasteiger partial charge in [0.1, 0.15) is 0 Å². The molecule has 0 fully saturated rings. The third kappa shape index (κ3) is 7.56. The van der Waals surface area contributed by atoms with Crippen molar-refractivity contribution in [3.05, 3.63) is 12.2 Å². The summed E-state index contributed by atoms with van der Waals surface area (Å²) in [4.78, 5) is 0. The molecule has 1 atom stereocenters. The zero-order valence-corrected chi connectivity index (χ0v) is 7.76. The fourth-order valence-corrected chi connectivity index (χ4v) is 0.741. The van der Waals surface area contributed by atoms with Crippen molar-refractivity contribution in [1.29, 1.82) is 0 Å². The quantitative estimate of drug-likeness (QED) is 0.467. The van der Waals surface area contributed by atoms with E-state index in [2.05, 4.69) is 24.4 Å².